The highest BCUT2D eigenvalue weighted by molar-refractivity contribution is 6.32. The van der Waals surface area contributed by atoms with Gasteiger partial charge in [0.25, 0.3) is 0 Å². The summed E-state index contributed by atoms with van der Waals surface area (Å²) in [5, 5.41) is 0.499. The number of benzene rings is 1. The average Bonchev–Trinajstić information content (AvgIpc) is 2.28. The molecule has 86 valence electrons. The first-order chi connectivity index (χ1) is 7.65. The van der Waals surface area contributed by atoms with Crippen LogP contribution in [-0.2, 0) is 9.53 Å². The highest BCUT2D eigenvalue weighted by atomic mass is 35.5. The lowest BCUT2D eigenvalue weighted by atomic mass is 10.3. The molecule has 3 nitrogen and oxygen atoms in total. The molecule has 0 saturated carbocycles. The van der Waals surface area contributed by atoms with Gasteiger partial charge in [-0.3, -0.25) is 0 Å². The SMILES string of the molecule is C=C(COc1ccccc1Cl)C(=O)OCC. The van der Waals surface area contributed by atoms with Gasteiger partial charge in [-0.1, -0.05) is 30.3 Å². The summed E-state index contributed by atoms with van der Waals surface area (Å²) in [7, 11) is 0. The van der Waals surface area contributed by atoms with Crippen LogP contribution in [0.2, 0.25) is 5.02 Å². The van der Waals surface area contributed by atoms with Crippen molar-refractivity contribution in [3.05, 3.63) is 41.4 Å². The molecule has 1 rings (SSSR count). The molecule has 16 heavy (non-hydrogen) atoms. The molecule has 0 aliphatic heterocycles. The van der Waals surface area contributed by atoms with Crippen LogP contribution in [0.5, 0.6) is 5.75 Å². The Hall–Kier alpha value is -1.48. The molecule has 0 heterocycles. The summed E-state index contributed by atoms with van der Waals surface area (Å²) in [4.78, 5) is 11.2. The van der Waals surface area contributed by atoms with Gasteiger partial charge in [-0.05, 0) is 19.1 Å². The van der Waals surface area contributed by atoms with E-state index in [0.29, 0.717) is 17.4 Å². The first-order valence-corrected chi connectivity index (χ1v) is 5.25. The summed E-state index contributed by atoms with van der Waals surface area (Å²) in [5.74, 6) is 0.0733. The minimum absolute atomic E-state index is 0.0720. The normalized spacial score (nSPS) is 9.62. The number of carbonyl (C=O) groups is 1. The smallest absolute Gasteiger partial charge is 0.336 e. The van der Waals surface area contributed by atoms with Gasteiger partial charge in [-0.25, -0.2) is 4.79 Å². The van der Waals surface area contributed by atoms with Gasteiger partial charge < -0.3 is 9.47 Å². The van der Waals surface area contributed by atoms with Crippen LogP contribution in [0.3, 0.4) is 0 Å². The van der Waals surface area contributed by atoms with Crippen molar-refractivity contribution < 1.29 is 14.3 Å². The van der Waals surface area contributed by atoms with Gasteiger partial charge in [0.1, 0.15) is 12.4 Å². The standard InChI is InChI=1S/C12H13ClO3/c1-3-15-12(14)9(2)8-16-11-7-5-4-6-10(11)13/h4-7H,2-3,8H2,1H3. The Morgan fingerprint density at radius 3 is 2.75 bits per heavy atom. The molecule has 0 atom stereocenters. The fourth-order valence-corrected chi connectivity index (χ4v) is 1.21. The Labute approximate surface area is 99.6 Å². The second kappa shape index (κ2) is 6.18. The molecule has 1 aromatic rings. The molecule has 0 amide bonds. The third kappa shape index (κ3) is 3.59. The zero-order valence-corrected chi connectivity index (χ0v) is 9.79. The molecule has 4 heteroatoms. The number of esters is 1. The van der Waals surface area contributed by atoms with Crippen molar-refractivity contribution in [3.8, 4) is 5.75 Å². The summed E-state index contributed by atoms with van der Waals surface area (Å²) in [5.41, 5.74) is 0.266. The topological polar surface area (TPSA) is 35.5 Å². The number of ether oxygens (including phenoxy) is 2. The van der Waals surface area contributed by atoms with E-state index in [9.17, 15) is 4.79 Å². The number of para-hydroxylation sites is 1. The maximum atomic E-state index is 11.2. The molecule has 0 bridgehead atoms. The lowest BCUT2D eigenvalue weighted by Gasteiger charge is -2.08. The predicted octanol–water partition coefficient (Wildman–Crippen LogP) is 2.84. The zero-order chi connectivity index (χ0) is 12.0. The zero-order valence-electron chi connectivity index (χ0n) is 9.03. The highest BCUT2D eigenvalue weighted by Crippen LogP contribution is 2.23. The monoisotopic (exact) mass is 240 g/mol. The molecule has 0 aliphatic rings. The number of hydrogen-bond acceptors (Lipinski definition) is 3. The van der Waals surface area contributed by atoms with Crippen LogP contribution in [0.4, 0.5) is 0 Å². The Balaban J connectivity index is 2.49. The summed E-state index contributed by atoms with van der Waals surface area (Å²) in [6.45, 7) is 5.71. The summed E-state index contributed by atoms with van der Waals surface area (Å²) < 4.78 is 10.1. The largest absolute Gasteiger partial charge is 0.487 e. The molecular formula is C12H13ClO3. The first-order valence-electron chi connectivity index (χ1n) is 4.87. The maximum Gasteiger partial charge on any atom is 0.336 e. The Morgan fingerprint density at radius 1 is 1.44 bits per heavy atom. The number of hydrogen-bond donors (Lipinski definition) is 0. The number of halogens is 1. The maximum absolute atomic E-state index is 11.2. The molecule has 1 aromatic carbocycles. The molecule has 0 aromatic heterocycles. The van der Waals surface area contributed by atoms with E-state index < -0.39 is 5.97 Å². The van der Waals surface area contributed by atoms with Crippen molar-refractivity contribution in [2.45, 2.75) is 6.92 Å². The molecule has 0 spiro atoms. The lowest BCUT2D eigenvalue weighted by Crippen LogP contribution is -2.13. The van der Waals surface area contributed by atoms with Gasteiger partial charge in [0.15, 0.2) is 0 Å². The number of carbonyl (C=O) groups excluding carboxylic acids is 1. The fraction of sp³-hybridized carbons (Fsp3) is 0.250. The van der Waals surface area contributed by atoms with Crippen molar-refractivity contribution in [1.29, 1.82) is 0 Å². The quantitative estimate of drug-likeness (QED) is 0.587. The third-order valence-corrected chi connectivity index (χ3v) is 2.11. The predicted molar refractivity (Wildman–Crippen MR) is 62.7 cm³/mol. The second-order valence-corrected chi connectivity index (χ2v) is 3.45. The molecule has 0 unspecified atom stereocenters. The van der Waals surface area contributed by atoms with Gasteiger partial charge >= 0.3 is 5.97 Å². The Kier molecular flexibility index (Phi) is 4.86. The van der Waals surface area contributed by atoms with E-state index in [1.54, 1.807) is 31.2 Å². The third-order valence-electron chi connectivity index (χ3n) is 1.80. The van der Waals surface area contributed by atoms with E-state index >= 15 is 0 Å². The van der Waals surface area contributed by atoms with Crippen LogP contribution < -0.4 is 4.74 Å². The minimum Gasteiger partial charge on any atom is -0.487 e. The van der Waals surface area contributed by atoms with E-state index in [-0.39, 0.29) is 12.2 Å². The molecular weight excluding hydrogens is 228 g/mol. The van der Waals surface area contributed by atoms with Gasteiger partial charge in [0.2, 0.25) is 0 Å². The van der Waals surface area contributed by atoms with Crippen LogP contribution in [-0.4, -0.2) is 19.2 Å². The Morgan fingerprint density at radius 2 is 2.12 bits per heavy atom. The van der Waals surface area contributed by atoms with E-state index in [2.05, 4.69) is 6.58 Å². The van der Waals surface area contributed by atoms with Crippen molar-refractivity contribution in [2.75, 3.05) is 13.2 Å². The van der Waals surface area contributed by atoms with Gasteiger partial charge in [-0.2, -0.15) is 0 Å². The summed E-state index contributed by atoms with van der Waals surface area (Å²) in [6, 6.07) is 7.04. The van der Waals surface area contributed by atoms with Crippen LogP contribution in [0.25, 0.3) is 0 Å². The van der Waals surface area contributed by atoms with Gasteiger partial charge in [0.05, 0.1) is 17.2 Å². The highest BCUT2D eigenvalue weighted by Gasteiger charge is 2.09. The molecule has 0 aliphatic carbocycles. The molecule has 0 saturated heterocycles. The second-order valence-electron chi connectivity index (χ2n) is 3.04. The van der Waals surface area contributed by atoms with Crippen LogP contribution in [0.15, 0.2) is 36.4 Å². The fourth-order valence-electron chi connectivity index (χ4n) is 1.02. The minimum atomic E-state index is -0.449. The van der Waals surface area contributed by atoms with Crippen molar-refractivity contribution in [3.63, 3.8) is 0 Å². The van der Waals surface area contributed by atoms with Crippen LogP contribution in [0, 0.1) is 0 Å². The van der Waals surface area contributed by atoms with Crippen molar-refractivity contribution >= 4 is 17.6 Å². The van der Waals surface area contributed by atoms with Crippen LogP contribution >= 0.6 is 11.6 Å². The molecule has 0 N–H and O–H groups in total. The van der Waals surface area contributed by atoms with E-state index in [4.69, 9.17) is 21.1 Å². The van der Waals surface area contributed by atoms with Crippen molar-refractivity contribution in [1.82, 2.24) is 0 Å². The van der Waals surface area contributed by atoms with E-state index in [1.807, 2.05) is 0 Å². The van der Waals surface area contributed by atoms with Crippen LogP contribution in [0.1, 0.15) is 6.92 Å². The number of rotatable bonds is 5. The molecule has 0 radical (unpaired) electrons. The van der Waals surface area contributed by atoms with E-state index in [1.165, 1.54) is 0 Å². The summed E-state index contributed by atoms with van der Waals surface area (Å²) in [6.07, 6.45) is 0. The lowest BCUT2D eigenvalue weighted by molar-refractivity contribution is -0.138. The average molecular weight is 241 g/mol. The molecule has 0 fully saturated rings. The Bertz CT molecular complexity index is 388. The van der Waals surface area contributed by atoms with E-state index in [0.717, 1.165) is 0 Å². The van der Waals surface area contributed by atoms with Gasteiger partial charge in [-0.15, -0.1) is 0 Å². The first kappa shape index (κ1) is 12.6. The van der Waals surface area contributed by atoms with Crippen molar-refractivity contribution in [2.24, 2.45) is 0 Å². The van der Waals surface area contributed by atoms with Gasteiger partial charge in [0, 0.05) is 0 Å². The summed E-state index contributed by atoms with van der Waals surface area (Å²) >= 11 is 5.88.